The Morgan fingerprint density at radius 1 is 1.15 bits per heavy atom. The van der Waals surface area contributed by atoms with Crippen LogP contribution in [0.1, 0.15) is 25.3 Å². The molecule has 1 saturated heterocycles. The van der Waals surface area contributed by atoms with Gasteiger partial charge in [-0.15, -0.1) is 0 Å². The molecule has 1 aromatic carbocycles. The number of aryl methyl sites for hydroxylation is 1. The lowest BCUT2D eigenvalue weighted by atomic mass is 10.1. The second-order valence-electron chi connectivity index (χ2n) is 5.52. The molecule has 2 amide bonds. The van der Waals surface area contributed by atoms with Gasteiger partial charge in [0, 0.05) is 31.9 Å². The van der Waals surface area contributed by atoms with Crippen LogP contribution < -0.4 is 5.32 Å². The minimum absolute atomic E-state index is 0.0133. The third-order valence-electron chi connectivity index (χ3n) is 3.81. The second kappa shape index (κ2) is 7.29. The van der Waals surface area contributed by atoms with Crippen LogP contribution in [0.2, 0.25) is 0 Å². The number of nitrogens with one attached hydrogen (secondary N) is 1. The first-order valence-corrected chi connectivity index (χ1v) is 7.52. The fraction of sp³-hybridized carbons (Fsp3) is 0.562. The lowest BCUT2D eigenvalue weighted by molar-refractivity contribution is 0.164. The largest absolute Gasteiger partial charge is 0.322 e. The third-order valence-corrected chi connectivity index (χ3v) is 3.81. The average molecular weight is 275 g/mol. The Kier molecular flexibility index (Phi) is 5.41. The highest BCUT2D eigenvalue weighted by Gasteiger charge is 2.18. The van der Waals surface area contributed by atoms with Crippen molar-refractivity contribution in [1.29, 1.82) is 0 Å². The molecule has 4 nitrogen and oxygen atoms in total. The van der Waals surface area contributed by atoms with E-state index in [1.807, 2.05) is 17.0 Å². The average Bonchev–Trinajstić information content (AvgIpc) is 2.47. The van der Waals surface area contributed by atoms with Crippen LogP contribution in [0.5, 0.6) is 0 Å². The van der Waals surface area contributed by atoms with Gasteiger partial charge in [0.15, 0.2) is 0 Å². The molecule has 0 spiro atoms. The number of piperazine rings is 1. The van der Waals surface area contributed by atoms with Gasteiger partial charge >= 0.3 is 6.03 Å². The smallest absolute Gasteiger partial charge is 0.321 e. The fourth-order valence-electron chi connectivity index (χ4n) is 2.35. The molecule has 110 valence electrons. The number of carbonyl (C=O) groups excluding carboxylic acids is 1. The summed E-state index contributed by atoms with van der Waals surface area (Å²) in [4.78, 5) is 16.2. The van der Waals surface area contributed by atoms with Crippen LogP contribution in [0.3, 0.4) is 0 Å². The minimum Gasteiger partial charge on any atom is -0.322 e. The quantitative estimate of drug-likeness (QED) is 0.917. The summed E-state index contributed by atoms with van der Waals surface area (Å²) in [7, 11) is 2.09. The van der Waals surface area contributed by atoms with Crippen LogP contribution in [0.15, 0.2) is 24.3 Å². The predicted octanol–water partition coefficient (Wildman–Crippen LogP) is 2.81. The summed E-state index contributed by atoms with van der Waals surface area (Å²) >= 11 is 0. The standard InChI is InChI=1S/C16H25N3O/c1-3-4-5-14-6-8-15(9-7-14)17-16(20)19-12-10-18(2)11-13-19/h6-9H,3-5,10-13H2,1-2H3,(H,17,20). The Bertz CT molecular complexity index is 422. The van der Waals surface area contributed by atoms with E-state index in [4.69, 9.17) is 0 Å². The van der Waals surface area contributed by atoms with E-state index in [9.17, 15) is 4.79 Å². The molecule has 1 aliphatic rings. The maximum atomic E-state index is 12.1. The van der Waals surface area contributed by atoms with Gasteiger partial charge in [0.1, 0.15) is 0 Å². The molecule has 0 aliphatic carbocycles. The van der Waals surface area contributed by atoms with Crippen LogP contribution in [-0.2, 0) is 6.42 Å². The van der Waals surface area contributed by atoms with Gasteiger partial charge < -0.3 is 15.1 Å². The molecular weight excluding hydrogens is 250 g/mol. The van der Waals surface area contributed by atoms with Gasteiger partial charge in [-0.1, -0.05) is 25.5 Å². The highest BCUT2D eigenvalue weighted by atomic mass is 16.2. The lowest BCUT2D eigenvalue weighted by Crippen LogP contribution is -2.48. The van der Waals surface area contributed by atoms with Crippen molar-refractivity contribution in [2.45, 2.75) is 26.2 Å². The Labute approximate surface area is 121 Å². The van der Waals surface area contributed by atoms with Crippen LogP contribution in [-0.4, -0.2) is 49.1 Å². The van der Waals surface area contributed by atoms with Crippen molar-refractivity contribution in [3.8, 4) is 0 Å². The van der Waals surface area contributed by atoms with Gasteiger partial charge in [-0.2, -0.15) is 0 Å². The molecule has 1 N–H and O–H groups in total. The monoisotopic (exact) mass is 275 g/mol. The molecule has 0 saturated carbocycles. The van der Waals surface area contributed by atoms with Gasteiger partial charge in [-0.3, -0.25) is 0 Å². The first-order chi connectivity index (χ1) is 9.69. The number of rotatable bonds is 4. The Morgan fingerprint density at radius 2 is 1.80 bits per heavy atom. The highest BCUT2D eigenvalue weighted by molar-refractivity contribution is 5.89. The molecule has 1 heterocycles. The molecule has 1 fully saturated rings. The van der Waals surface area contributed by atoms with Crippen molar-refractivity contribution >= 4 is 11.7 Å². The maximum absolute atomic E-state index is 12.1. The summed E-state index contributed by atoms with van der Waals surface area (Å²) in [5.74, 6) is 0. The normalized spacial score (nSPS) is 16.2. The van der Waals surface area contributed by atoms with Crippen molar-refractivity contribution < 1.29 is 4.79 Å². The van der Waals surface area contributed by atoms with Crippen LogP contribution in [0, 0.1) is 0 Å². The zero-order valence-corrected chi connectivity index (χ0v) is 12.6. The summed E-state index contributed by atoms with van der Waals surface area (Å²) in [5.41, 5.74) is 2.22. The number of unbranched alkanes of at least 4 members (excludes halogenated alkanes) is 1. The van der Waals surface area contributed by atoms with Gasteiger partial charge in [0.2, 0.25) is 0 Å². The van der Waals surface area contributed by atoms with Gasteiger partial charge in [0.05, 0.1) is 0 Å². The van der Waals surface area contributed by atoms with Crippen molar-refractivity contribution in [3.05, 3.63) is 29.8 Å². The Balaban J connectivity index is 1.84. The summed E-state index contributed by atoms with van der Waals surface area (Å²) in [6.07, 6.45) is 3.54. The topological polar surface area (TPSA) is 35.6 Å². The van der Waals surface area contributed by atoms with Crippen molar-refractivity contribution in [2.24, 2.45) is 0 Å². The highest BCUT2D eigenvalue weighted by Crippen LogP contribution is 2.13. The molecule has 0 unspecified atom stereocenters. The molecule has 0 aromatic heterocycles. The number of urea groups is 1. The molecule has 1 aromatic rings. The van der Waals surface area contributed by atoms with Gasteiger partial charge in [0.25, 0.3) is 0 Å². The van der Waals surface area contributed by atoms with E-state index in [0.29, 0.717) is 0 Å². The van der Waals surface area contributed by atoms with E-state index in [1.165, 1.54) is 18.4 Å². The van der Waals surface area contributed by atoms with E-state index in [2.05, 4.69) is 36.3 Å². The Morgan fingerprint density at radius 3 is 2.40 bits per heavy atom. The molecular formula is C16H25N3O. The number of benzene rings is 1. The summed E-state index contributed by atoms with van der Waals surface area (Å²) < 4.78 is 0. The number of amides is 2. The molecule has 20 heavy (non-hydrogen) atoms. The van der Waals surface area contributed by atoms with Gasteiger partial charge in [-0.05, 0) is 37.6 Å². The zero-order chi connectivity index (χ0) is 14.4. The molecule has 4 heteroatoms. The van der Waals surface area contributed by atoms with E-state index in [0.717, 1.165) is 38.3 Å². The number of hydrogen-bond donors (Lipinski definition) is 1. The minimum atomic E-state index is 0.0133. The molecule has 2 rings (SSSR count). The molecule has 0 bridgehead atoms. The number of anilines is 1. The van der Waals surface area contributed by atoms with E-state index >= 15 is 0 Å². The van der Waals surface area contributed by atoms with Crippen molar-refractivity contribution in [2.75, 3.05) is 38.5 Å². The fourth-order valence-corrected chi connectivity index (χ4v) is 2.35. The SMILES string of the molecule is CCCCc1ccc(NC(=O)N2CCN(C)CC2)cc1. The maximum Gasteiger partial charge on any atom is 0.321 e. The van der Waals surface area contributed by atoms with E-state index in [1.54, 1.807) is 0 Å². The van der Waals surface area contributed by atoms with Crippen LogP contribution >= 0.6 is 0 Å². The van der Waals surface area contributed by atoms with Crippen LogP contribution in [0.4, 0.5) is 10.5 Å². The number of hydrogen-bond acceptors (Lipinski definition) is 2. The summed E-state index contributed by atoms with van der Waals surface area (Å²) in [6.45, 7) is 5.70. The summed E-state index contributed by atoms with van der Waals surface area (Å²) in [6, 6.07) is 8.22. The molecule has 1 aliphatic heterocycles. The molecule has 0 atom stereocenters. The van der Waals surface area contributed by atoms with Crippen molar-refractivity contribution in [1.82, 2.24) is 9.80 Å². The first-order valence-electron chi connectivity index (χ1n) is 7.52. The van der Waals surface area contributed by atoms with Gasteiger partial charge in [-0.25, -0.2) is 4.79 Å². The number of carbonyl (C=O) groups is 1. The van der Waals surface area contributed by atoms with Crippen molar-refractivity contribution in [3.63, 3.8) is 0 Å². The number of likely N-dealkylation sites (N-methyl/N-ethyl adjacent to an activating group) is 1. The summed E-state index contributed by atoms with van der Waals surface area (Å²) in [5, 5.41) is 2.98. The zero-order valence-electron chi connectivity index (χ0n) is 12.6. The molecule has 0 radical (unpaired) electrons. The second-order valence-corrected chi connectivity index (χ2v) is 5.52. The lowest BCUT2D eigenvalue weighted by Gasteiger charge is -2.32. The van der Waals surface area contributed by atoms with Crippen LogP contribution in [0.25, 0.3) is 0 Å². The third kappa shape index (κ3) is 4.23. The predicted molar refractivity (Wildman–Crippen MR) is 83.1 cm³/mol. The Hall–Kier alpha value is -1.55. The van der Waals surface area contributed by atoms with E-state index in [-0.39, 0.29) is 6.03 Å². The van der Waals surface area contributed by atoms with E-state index < -0.39 is 0 Å². The number of nitrogens with zero attached hydrogens (tertiary/aromatic N) is 2. The first kappa shape index (κ1) is 14.9.